The molecule has 0 saturated carbocycles. The van der Waals surface area contributed by atoms with Crippen LogP contribution < -0.4 is 5.32 Å². The first-order chi connectivity index (χ1) is 9.16. The smallest absolute Gasteiger partial charge is 0.134 e. The molecule has 2 aromatic rings. The van der Waals surface area contributed by atoms with Crippen LogP contribution in [0.5, 0.6) is 5.75 Å². The van der Waals surface area contributed by atoms with Crippen molar-refractivity contribution in [3.05, 3.63) is 63.1 Å². The molecule has 0 fully saturated rings. The van der Waals surface area contributed by atoms with Crippen molar-refractivity contribution in [3.63, 3.8) is 0 Å². The Labute approximate surface area is 126 Å². The number of aromatic hydroxyl groups is 1. The van der Waals surface area contributed by atoms with Gasteiger partial charge in [-0.15, -0.1) is 0 Å². The molecule has 0 aliphatic rings. The van der Waals surface area contributed by atoms with Crippen molar-refractivity contribution in [2.45, 2.75) is 13.0 Å². The van der Waals surface area contributed by atoms with Crippen molar-refractivity contribution < 1.29 is 5.11 Å². The lowest BCUT2D eigenvalue weighted by Gasteiger charge is -2.08. The standard InChI is InChI=1S/C15H15BrClNO/c16-14-3-1-2-12(15(14)19)10-18-9-8-11-4-6-13(17)7-5-11/h1-7,18-19H,8-10H2. The third-order valence-corrected chi connectivity index (χ3v) is 3.78. The van der Waals surface area contributed by atoms with Gasteiger partial charge in [-0.2, -0.15) is 0 Å². The molecule has 0 atom stereocenters. The van der Waals surface area contributed by atoms with Gasteiger partial charge in [-0.3, -0.25) is 0 Å². The molecule has 4 heteroatoms. The Morgan fingerprint density at radius 1 is 1.11 bits per heavy atom. The molecule has 19 heavy (non-hydrogen) atoms. The van der Waals surface area contributed by atoms with Crippen LogP contribution in [-0.4, -0.2) is 11.7 Å². The minimum Gasteiger partial charge on any atom is -0.506 e. The predicted octanol–water partition coefficient (Wildman–Crippen LogP) is 4.14. The minimum atomic E-state index is 0.307. The number of benzene rings is 2. The molecule has 0 amide bonds. The van der Waals surface area contributed by atoms with E-state index in [0.29, 0.717) is 12.3 Å². The second kappa shape index (κ2) is 6.94. The summed E-state index contributed by atoms with van der Waals surface area (Å²) in [5, 5.41) is 13.9. The molecule has 0 aliphatic carbocycles. The zero-order valence-electron chi connectivity index (χ0n) is 10.4. The van der Waals surface area contributed by atoms with Gasteiger partial charge in [-0.05, 0) is 52.7 Å². The first kappa shape index (κ1) is 14.4. The summed E-state index contributed by atoms with van der Waals surface area (Å²) < 4.78 is 0.726. The van der Waals surface area contributed by atoms with Crippen LogP contribution in [0.2, 0.25) is 5.02 Å². The summed E-state index contributed by atoms with van der Waals surface area (Å²) in [6, 6.07) is 13.5. The lowest BCUT2D eigenvalue weighted by atomic mass is 10.1. The zero-order chi connectivity index (χ0) is 13.7. The van der Waals surface area contributed by atoms with E-state index < -0.39 is 0 Å². The monoisotopic (exact) mass is 339 g/mol. The first-order valence-corrected chi connectivity index (χ1v) is 7.25. The van der Waals surface area contributed by atoms with Crippen molar-refractivity contribution in [1.29, 1.82) is 0 Å². The van der Waals surface area contributed by atoms with Crippen molar-refractivity contribution in [2.75, 3.05) is 6.54 Å². The van der Waals surface area contributed by atoms with Gasteiger partial charge in [0.05, 0.1) is 4.47 Å². The van der Waals surface area contributed by atoms with E-state index in [1.165, 1.54) is 5.56 Å². The Hall–Kier alpha value is -1.03. The Morgan fingerprint density at radius 3 is 2.58 bits per heavy atom. The summed E-state index contributed by atoms with van der Waals surface area (Å²) in [6.07, 6.45) is 0.936. The quantitative estimate of drug-likeness (QED) is 0.802. The summed E-state index contributed by atoms with van der Waals surface area (Å²) in [5.74, 6) is 0.307. The van der Waals surface area contributed by atoms with Crippen LogP contribution in [0.3, 0.4) is 0 Å². The summed E-state index contributed by atoms with van der Waals surface area (Å²) >= 11 is 9.15. The number of hydrogen-bond donors (Lipinski definition) is 2. The van der Waals surface area contributed by atoms with E-state index in [9.17, 15) is 5.11 Å². The number of para-hydroxylation sites is 1. The van der Waals surface area contributed by atoms with Crippen molar-refractivity contribution >= 4 is 27.5 Å². The molecule has 0 unspecified atom stereocenters. The van der Waals surface area contributed by atoms with Gasteiger partial charge in [0.15, 0.2) is 0 Å². The van der Waals surface area contributed by atoms with Crippen LogP contribution in [0.1, 0.15) is 11.1 Å². The highest BCUT2D eigenvalue weighted by atomic mass is 79.9. The first-order valence-electron chi connectivity index (χ1n) is 6.08. The highest BCUT2D eigenvalue weighted by Gasteiger charge is 2.03. The molecule has 100 valence electrons. The van der Waals surface area contributed by atoms with Gasteiger partial charge >= 0.3 is 0 Å². The van der Waals surface area contributed by atoms with Gasteiger partial charge in [0, 0.05) is 17.1 Å². The molecule has 0 saturated heterocycles. The van der Waals surface area contributed by atoms with E-state index in [1.54, 1.807) is 0 Å². The van der Waals surface area contributed by atoms with Crippen LogP contribution in [0, 0.1) is 0 Å². The fourth-order valence-electron chi connectivity index (χ4n) is 1.81. The Morgan fingerprint density at radius 2 is 1.84 bits per heavy atom. The molecule has 0 heterocycles. The van der Waals surface area contributed by atoms with Gasteiger partial charge in [0.1, 0.15) is 5.75 Å². The van der Waals surface area contributed by atoms with Crippen molar-refractivity contribution in [2.24, 2.45) is 0 Å². The summed E-state index contributed by atoms with van der Waals surface area (Å²) in [5.41, 5.74) is 2.14. The highest BCUT2D eigenvalue weighted by molar-refractivity contribution is 9.10. The molecule has 2 rings (SSSR count). The number of phenols is 1. The van der Waals surface area contributed by atoms with Gasteiger partial charge in [0.2, 0.25) is 0 Å². The fraction of sp³-hybridized carbons (Fsp3) is 0.200. The van der Waals surface area contributed by atoms with Gasteiger partial charge in [0.25, 0.3) is 0 Å². The van der Waals surface area contributed by atoms with E-state index >= 15 is 0 Å². The SMILES string of the molecule is Oc1c(Br)cccc1CNCCc1ccc(Cl)cc1. The van der Waals surface area contributed by atoms with E-state index in [-0.39, 0.29) is 0 Å². The normalized spacial score (nSPS) is 10.6. The maximum atomic E-state index is 9.84. The maximum absolute atomic E-state index is 9.84. The number of hydrogen-bond acceptors (Lipinski definition) is 2. The Kier molecular flexibility index (Phi) is 5.25. The minimum absolute atomic E-state index is 0.307. The summed E-state index contributed by atoms with van der Waals surface area (Å²) in [6.45, 7) is 1.51. The molecular weight excluding hydrogens is 326 g/mol. The molecule has 0 spiro atoms. The van der Waals surface area contributed by atoms with Crippen molar-refractivity contribution in [1.82, 2.24) is 5.32 Å². The zero-order valence-corrected chi connectivity index (χ0v) is 12.7. The molecule has 0 aliphatic heterocycles. The number of halogens is 2. The highest BCUT2D eigenvalue weighted by Crippen LogP contribution is 2.27. The fourth-order valence-corrected chi connectivity index (χ4v) is 2.34. The Balaban J connectivity index is 1.81. The molecular formula is C15H15BrClNO. The van der Waals surface area contributed by atoms with Crippen LogP contribution in [-0.2, 0) is 13.0 Å². The molecule has 2 N–H and O–H groups in total. The average molecular weight is 341 g/mol. The average Bonchev–Trinajstić information content (AvgIpc) is 2.41. The lowest BCUT2D eigenvalue weighted by molar-refractivity contribution is 0.461. The third kappa shape index (κ3) is 4.23. The largest absolute Gasteiger partial charge is 0.506 e. The van der Waals surface area contributed by atoms with Gasteiger partial charge in [-0.25, -0.2) is 0 Å². The second-order valence-corrected chi connectivity index (χ2v) is 5.59. The molecule has 0 aromatic heterocycles. The third-order valence-electron chi connectivity index (χ3n) is 2.89. The molecule has 0 radical (unpaired) electrons. The van der Waals surface area contributed by atoms with Crippen LogP contribution in [0.15, 0.2) is 46.9 Å². The van der Waals surface area contributed by atoms with E-state index in [4.69, 9.17) is 11.6 Å². The predicted molar refractivity (Wildman–Crippen MR) is 82.7 cm³/mol. The molecule has 0 bridgehead atoms. The van der Waals surface area contributed by atoms with Gasteiger partial charge in [-0.1, -0.05) is 35.9 Å². The van der Waals surface area contributed by atoms with Crippen molar-refractivity contribution in [3.8, 4) is 5.75 Å². The Bertz CT molecular complexity index is 542. The van der Waals surface area contributed by atoms with E-state index in [2.05, 4.69) is 21.2 Å². The summed E-state index contributed by atoms with van der Waals surface area (Å²) in [7, 11) is 0. The number of rotatable bonds is 5. The number of phenolic OH excluding ortho intramolecular Hbond substituents is 1. The number of nitrogens with one attached hydrogen (secondary N) is 1. The second-order valence-electron chi connectivity index (χ2n) is 4.30. The van der Waals surface area contributed by atoms with E-state index in [1.807, 2.05) is 42.5 Å². The summed E-state index contributed by atoms with van der Waals surface area (Å²) in [4.78, 5) is 0. The van der Waals surface area contributed by atoms with Gasteiger partial charge < -0.3 is 10.4 Å². The maximum Gasteiger partial charge on any atom is 0.134 e. The van der Waals surface area contributed by atoms with Crippen LogP contribution in [0.25, 0.3) is 0 Å². The van der Waals surface area contributed by atoms with Crippen LogP contribution >= 0.6 is 27.5 Å². The molecule has 2 nitrogen and oxygen atoms in total. The van der Waals surface area contributed by atoms with Crippen LogP contribution in [0.4, 0.5) is 0 Å². The molecule has 2 aromatic carbocycles. The lowest BCUT2D eigenvalue weighted by Crippen LogP contribution is -2.16. The van der Waals surface area contributed by atoms with E-state index in [0.717, 1.165) is 28.0 Å². The topological polar surface area (TPSA) is 32.3 Å².